The van der Waals surface area contributed by atoms with E-state index in [4.69, 9.17) is 10.1 Å². The first-order chi connectivity index (χ1) is 18.0. The van der Waals surface area contributed by atoms with Crippen LogP contribution in [0.25, 0.3) is 5.57 Å². The largest absolute Gasteiger partial charge is 0.376 e. The van der Waals surface area contributed by atoms with Crippen molar-refractivity contribution >= 4 is 51.9 Å². The molecule has 0 fully saturated rings. The Labute approximate surface area is 221 Å². The summed E-state index contributed by atoms with van der Waals surface area (Å²) in [6, 6.07) is 11.0. The number of allylic oxidation sites excluding steroid dienone is 2. The van der Waals surface area contributed by atoms with Crippen LogP contribution in [0.2, 0.25) is 0 Å². The zero-order chi connectivity index (χ0) is 26.2. The van der Waals surface area contributed by atoms with E-state index in [1.165, 1.54) is 17.3 Å². The number of thioether (sulfide) groups is 1. The van der Waals surface area contributed by atoms with Gasteiger partial charge in [-0.15, -0.1) is 6.58 Å². The number of ether oxygens (including phenoxy) is 1. The van der Waals surface area contributed by atoms with Crippen LogP contribution in [0.4, 0.5) is 10.5 Å². The molecule has 0 unspecified atom stereocenters. The Morgan fingerprint density at radius 3 is 2.97 bits per heavy atom. The molecule has 0 saturated carbocycles. The lowest BCUT2D eigenvalue weighted by Gasteiger charge is -2.20. The monoisotopic (exact) mass is 514 g/mol. The molecule has 2 aliphatic heterocycles. The van der Waals surface area contributed by atoms with Crippen LogP contribution >= 0.6 is 11.8 Å². The first-order valence-electron chi connectivity index (χ1n) is 12.3. The molecular weight excluding hydrogens is 484 g/mol. The van der Waals surface area contributed by atoms with Crippen molar-refractivity contribution in [3.8, 4) is 0 Å². The Morgan fingerprint density at radius 2 is 2.16 bits per heavy atom. The second-order valence-electron chi connectivity index (χ2n) is 8.71. The quantitative estimate of drug-likeness (QED) is 0.280. The second kappa shape index (κ2) is 12.6. The van der Waals surface area contributed by atoms with Crippen molar-refractivity contribution in [3.05, 3.63) is 82.9 Å². The number of hydrogen-bond donors (Lipinski definition) is 2. The summed E-state index contributed by atoms with van der Waals surface area (Å²) in [6.45, 7) is 6.86. The third-order valence-corrected chi connectivity index (χ3v) is 7.12. The highest BCUT2D eigenvalue weighted by atomic mass is 32.2. The van der Waals surface area contributed by atoms with Crippen LogP contribution in [-0.2, 0) is 29.0 Å². The van der Waals surface area contributed by atoms with Crippen molar-refractivity contribution in [3.63, 3.8) is 0 Å². The van der Waals surface area contributed by atoms with Crippen LogP contribution in [0.3, 0.4) is 0 Å². The van der Waals surface area contributed by atoms with Gasteiger partial charge in [0.1, 0.15) is 10.8 Å². The molecule has 190 valence electrons. The fourth-order valence-corrected chi connectivity index (χ4v) is 5.10. The Balaban J connectivity index is 1.56. The van der Waals surface area contributed by atoms with Crippen molar-refractivity contribution in [2.75, 3.05) is 17.7 Å². The van der Waals surface area contributed by atoms with E-state index in [9.17, 15) is 9.59 Å². The first-order valence-corrected chi connectivity index (χ1v) is 13.3. The summed E-state index contributed by atoms with van der Waals surface area (Å²) in [5.74, 6) is 0.531. The van der Waals surface area contributed by atoms with Gasteiger partial charge in [-0.25, -0.2) is 9.79 Å². The standard InChI is InChI=1S/C29H30N4O3S/c1-3-5-12-31-28(30)20-9-10-26(19(4-2)14-20)32-29(35)33-27-16-22(15-23(34)18-37-27)24-8-6-7-21-17-36-13-11-25(21)24/h3,6-10,12,14,16,30H,1,4-5,11,13,15,17-18H2,2H3,(H,32,35)/b30-28?,31-12?,33-27-. The lowest BCUT2D eigenvalue weighted by Crippen LogP contribution is -2.13. The summed E-state index contributed by atoms with van der Waals surface area (Å²) >= 11 is 1.28. The number of hydrogen-bond acceptors (Lipinski definition) is 5. The molecule has 0 saturated heterocycles. The van der Waals surface area contributed by atoms with E-state index >= 15 is 0 Å². The number of benzene rings is 2. The number of nitrogens with zero attached hydrogens (tertiary/aromatic N) is 2. The molecule has 2 aromatic rings. The van der Waals surface area contributed by atoms with E-state index in [1.54, 1.807) is 24.4 Å². The van der Waals surface area contributed by atoms with Crippen LogP contribution < -0.4 is 5.32 Å². The van der Waals surface area contributed by atoms with Crippen LogP contribution in [0, 0.1) is 5.41 Å². The molecule has 2 aliphatic rings. The molecule has 0 bridgehead atoms. The van der Waals surface area contributed by atoms with Gasteiger partial charge in [-0.05, 0) is 64.9 Å². The van der Waals surface area contributed by atoms with Gasteiger partial charge < -0.3 is 10.1 Å². The number of aliphatic imine (C=N–C) groups is 2. The molecular formula is C29H30N4O3S. The van der Waals surface area contributed by atoms with Gasteiger partial charge in [-0.3, -0.25) is 10.2 Å². The lowest BCUT2D eigenvalue weighted by molar-refractivity contribution is -0.115. The molecule has 2 aromatic carbocycles. The zero-order valence-electron chi connectivity index (χ0n) is 20.9. The highest BCUT2D eigenvalue weighted by molar-refractivity contribution is 8.14. The van der Waals surface area contributed by atoms with Gasteiger partial charge in [0, 0.05) is 30.3 Å². The number of ketones is 1. The minimum absolute atomic E-state index is 0.105. The lowest BCUT2D eigenvalue weighted by atomic mass is 9.90. The van der Waals surface area contributed by atoms with Gasteiger partial charge in [0.25, 0.3) is 0 Å². The van der Waals surface area contributed by atoms with Crippen LogP contribution in [0.15, 0.2) is 65.1 Å². The summed E-state index contributed by atoms with van der Waals surface area (Å²) in [5, 5.41) is 11.5. The number of rotatable bonds is 6. The maximum absolute atomic E-state index is 12.9. The smallest absolute Gasteiger partial charge is 0.346 e. The Hall–Kier alpha value is -3.62. The van der Waals surface area contributed by atoms with E-state index in [0.29, 0.717) is 48.8 Å². The molecule has 0 aromatic heterocycles. The zero-order valence-corrected chi connectivity index (χ0v) is 21.7. The molecule has 7 nitrogen and oxygen atoms in total. The summed E-state index contributed by atoms with van der Waals surface area (Å²) in [7, 11) is 0. The number of amidine groups is 1. The van der Waals surface area contributed by atoms with Gasteiger partial charge >= 0.3 is 6.03 Å². The minimum atomic E-state index is -0.502. The maximum atomic E-state index is 12.9. The van der Waals surface area contributed by atoms with E-state index in [-0.39, 0.29) is 17.4 Å². The summed E-state index contributed by atoms with van der Waals surface area (Å²) < 4.78 is 5.59. The molecule has 2 N–H and O–H groups in total. The molecule has 2 amide bonds. The molecule has 37 heavy (non-hydrogen) atoms. The fraction of sp³-hybridized carbons (Fsp3) is 0.276. The van der Waals surface area contributed by atoms with E-state index in [2.05, 4.69) is 27.9 Å². The molecule has 4 rings (SSSR count). The number of fused-ring (bicyclic) bond motifs is 1. The third-order valence-electron chi connectivity index (χ3n) is 6.14. The van der Waals surface area contributed by atoms with Gasteiger partial charge in [-0.1, -0.05) is 43.0 Å². The summed E-state index contributed by atoms with van der Waals surface area (Å²) in [4.78, 5) is 33.9. The van der Waals surface area contributed by atoms with Crippen LogP contribution in [0.1, 0.15) is 47.6 Å². The van der Waals surface area contributed by atoms with Crippen LogP contribution in [0.5, 0.6) is 0 Å². The average molecular weight is 515 g/mol. The Morgan fingerprint density at radius 1 is 1.30 bits per heavy atom. The second-order valence-corrected chi connectivity index (χ2v) is 9.71. The average Bonchev–Trinajstić information content (AvgIpc) is 3.09. The van der Waals surface area contributed by atoms with Crippen molar-refractivity contribution in [2.24, 2.45) is 9.98 Å². The third kappa shape index (κ3) is 6.78. The Bertz CT molecular complexity index is 1330. The van der Waals surface area contributed by atoms with Crippen molar-refractivity contribution in [2.45, 2.75) is 39.2 Å². The van der Waals surface area contributed by atoms with Gasteiger partial charge in [0.2, 0.25) is 0 Å². The predicted octanol–water partition coefficient (Wildman–Crippen LogP) is 6.01. The Kier molecular flexibility index (Phi) is 8.98. The number of carbonyl (C=O) groups excluding carboxylic acids is 2. The van der Waals surface area contributed by atoms with E-state index in [1.807, 2.05) is 31.2 Å². The highest BCUT2D eigenvalue weighted by Gasteiger charge is 2.21. The SMILES string of the molecule is C=CCC=NC(=N)c1ccc(NC(=O)/N=C2/C=C(c3cccc4c3CCOC4)CC(=O)CS2)c(CC)c1. The summed E-state index contributed by atoms with van der Waals surface area (Å²) in [5.41, 5.74) is 6.45. The number of aryl methyl sites for hydroxylation is 1. The first kappa shape index (κ1) is 26.4. The van der Waals surface area contributed by atoms with Crippen molar-refractivity contribution in [1.82, 2.24) is 0 Å². The number of amides is 2. The number of anilines is 1. The molecule has 8 heteroatoms. The molecule has 0 atom stereocenters. The summed E-state index contributed by atoms with van der Waals surface area (Å²) in [6.07, 6.45) is 7.60. The maximum Gasteiger partial charge on any atom is 0.346 e. The molecule has 0 aliphatic carbocycles. The molecule has 0 radical (unpaired) electrons. The molecule has 2 heterocycles. The normalized spacial score (nSPS) is 16.7. The predicted molar refractivity (Wildman–Crippen MR) is 152 cm³/mol. The number of Topliss-reactive ketones (excluding diaryl/α,β-unsaturated/α-hetero) is 1. The fourth-order valence-electron chi connectivity index (χ4n) is 4.31. The molecule has 0 spiro atoms. The van der Waals surface area contributed by atoms with Crippen molar-refractivity contribution < 1.29 is 14.3 Å². The van der Waals surface area contributed by atoms with Gasteiger partial charge in [0.15, 0.2) is 5.84 Å². The number of carbonyl (C=O) groups is 2. The number of nitrogens with one attached hydrogen (secondary N) is 2. The van der Waals surface area contributed by atoms with Gasteiger partial charge in [-0.2, -0.15) is 4.99 Å². The number of urea groups is 1. The minimum Gasteiger partial charge on any atom is -0.376 e. The van der Waals surface area contributed by atoms with Crippen LogP contribution in [-0.4, -0.2) is 41.3 Å². The topological polar surface area (TPSA) is 104 Å². The van der Waals surface area contributed by atoms with Gasteiger partial charge in [0.05, 0.1) is 19.0 Å². The van der Waals surface area contributed by atoms with Crippen molar-refractivity contribution in [1.29, 1.82) is 5.41 Å². The highest BCUT2D eigenvalue weighted by Crippen LogP contribution is 2.31. The van der Waals surface area contributed by atoms with E-state index < -0.39 is 6.03 Å². The van der Waals surface area contributed by atoms with E-state index in [0.717, 1.165) is 28.7 Å².